The van der Waals surface area contributed by atoms with Crippen LogP contribution in [0.4, 0.5) is 0 Å². The lowest BCUT2D eigenvalue weighted by Crippen LogP contribution is -2.60. The molecule has 4 aliphatic carbocycles. The zero-order valence-corrected chi connectivity index (χ0v) is 8.33. The zero-order chi connectivity index (χ0) is 9.05. The summed E-state index contributed by atoms with van der Waals surface area (Å²) in [6, 6.07) is 0.486. The molecule has 74 valence electrons. The number of hydrogen-bond acceptors (Lipinski definition) is 2. The SMILES string of the molecule is CO[C@]12CC3C[C@H](C1)[C@@H](N)[C@@H](C3)C2. The summed E-state index contributed by atoms with van der Waals surface area (Å²) in [5.74, 6) is 2.47. The van der Waals surface area contributed by atoms with E-state index in [-0.39, 0.29) is 5.60 Å². The molecule has 2 N–H and O–H groups in total. The van der Waals surface area contributed by atoms with Gasteiger partial charge in [0.2, 0.25) is 0 Å². The Morgan fingerprint density at radius 1 is 1.15 bits per heavy atom. The molecule has 1 unspecified atom stereocenters. The summed E-state index contributed by atoms with van der Waals surface area (Å²) < 4.78 is 5.74. The first-order valence-electron chi connectivity index (χ1n) is 5.53. The third-order valence-electron chi connectivity index (χ3n) is 4.72. The Hall–Kier alpha value is -0.0800. The average molecular weight is 181 g/mol. The molecule has 2 heteroatoms. The van der Waals surface area contributed by atoms with Crippen LogP contribution in [0.3, 0.4) is 0 Å². The van der Waals surface area contributed by atoms with Gasteiger partial charge < -0.3 is 10.5 Å². The van der Waals surface area contributed by atoms with Gasteiger partial charge in [0, 0.05) is 13.2 Å². The van der Waals surface area contributed by atoms with Gasteiger partial charge in [0.15, 0.2) is 0 Å². The molecule has 0 aliphatic heterocycles. The molecule has 5 atom stereocenters. The number of hydrogen-bond donors (Lipinski definition) is 1. The van der Waals surface area contributed by atoms with Gasteiger partial charge in [-0.1, -0.05) is 0 Å². The van der Waals surface area contributed by atoms with Gasteiger partial charge in [0.25, 0.3) is 0 Å². The first-order valence-corrected chi connectivity index (χ1v) is 5.53. The summed E-state index contributed by atoms with van der Waals surface area (Å²) >= 11 is 0. The van der Waals surface area contributed by atoms with Gasteiger partial charge in [-0.3, -0.25) is 0 Å². The van der Waals surface area contributed by atoms with Gasteiger partial charge in [-0.25, -0.2) is 0 Å². The second-order valence-electron chi connectivity index (χ2n) is 5.43. The van der Waals surface area contributed by atoms with Crippen molar-refractivity contribution in [2.24, 2.45) is 23.5 Å². The van der Waals surface area contributed by atoms with Crippen molar-refractivity contribution in [2.45, 2.75) is 43.7 Å². The molecule has 0 heterocycles. The first kappa shape index (κ1) is 8.25. The maximum absolute atomic E-state index is 6.23. The van der Waals surface area contributed by atoms with Crippen molar-refractivity contribution in [1.29, 1.82) is 0 Å². The lowest BCUT2D eigenvalue weighted by molar-refractivity contribution is -0.152. The maximum atomic E-state index is 6.23. The lowest BCUT2D eigenvalue weighted by Gasteiger charge is -2.58. The van der Waals surface area contributed by atoms with Gasteiger partial charge in [0.1, 0.15) is 0 Å². The van der Waals surface area contributed by atoms with Crippen molar-refractivity contribution in [1.82, 2.24) is 0 Å². The molecule has 4 aliphatic rings. The van der Waals surface area contributed by atoms with Gasteiger partial charge in [-0.2, -0.15) is 0 Å². The fourth-order valence-electron chi connectivity index (χ4n) is 4.24. The minimum absolute atomic E-state index is 0.242. The Labute approximate surface area is 79.8 Å². The Bertz CT molecular complexity index is 212. The van der Waals surface area contributed by atoms with E-state index in [9.17, 15) is 0 Å². The standard InChI is InChI=1S/C11H19NO/c1-13-11-4-7-2-8(5-11)10(12)9(3-7)6-11/h7-10H,2-6,12H2,1H3/t7?,8-,9+,10-,11-. The summed E-state index contributed by atoms with van der Waals surface area (Å²) in [4.78, 5) is 0. The molecule has 4 bridgehead atoms. The second-order valence-corrected chi connectivity index (χ2v) is 5.43. The van der Waals surface area contributed by atoms with Gasteiger partial charge in [0.05, 0.1) is 5.60 Å². The highest BCUT2D eigenvalue weighted by Gasteiger charge is 2.54. The van der Waals surface area contributed by atoms with Crippen LogP contribution in [-0.2, 0) is 4.74 Å². The van der Waals surface area contributed by atoms with Crippen molar-refractivity contribution in [3.63, 3.8) is 0 Å². The van der Waals surface area contributed by atoms with Crippen LogP contribution in [0.1, 0.15) is 32.1 Å². The van der Waals surface area contributed by atoms with E-state index >= 15 is 0 Å². The van der Waals surface area contributed by atoms with Crippen molar-refractivity contribution >= 4 is 0 Å². The summed E-state index contributed by atoms with van der Waals surface area (Å²) in [6.45, 7) is 0. The molecule has 0 saturated heterocycles. The van der Waals surface area contributed by atoms with Crippen LogP contribution in [0.2, 0.25) is 0 Å². The summed E-state index contributed by atoms with van der Waals surface area (Å²) in [6.07, 6.45) is 6.53. The van der Waals surface area contributed by atoms with Crippen LogP contribution in [-0.4, -0.2) is 18.8 Å². The Kier molecular flexibility index (Phi) is 1.58. The number of ether oxygens (including phenoxy) is 1. The largest absolute Gasteiger partial charge is 0.378 e. The van der Waals surface area contributed by atoms with Crippen molar-refractivity contribution < 1.29 is 4.74 Å². The molecule has 0 aromatic heterocycles. The first-order chi connectivity index (χ1) is 6.22. The minimum Gasteiger partial charge on any atom is -0.378 e. The molecule has 0 amide bonds. The van der Waals surface area contributed by atoms with Crippen molar-refractivity contribution in [2.75, 3.05) is 7.11 Å². The lowest BCUT2D eigenvalue weighted by atomic mass is 9.52. The van der Waals surface area contributed by atoms with E-state index in [0.717, 1.165) is 17.8 Å². The highest BCUT2D eigenvalue weighted by atomic mass is 16.5. The Morgan fingerprint density at radius 3 is 2.31 bits per heavy atom. The average Bonchev–Trinajstić information content (AvgIpc) is 2.13. The molecular weight excluding hydrogens is 162 g/mol. The van der Waals surface area contributed by atoms with Crippen LogP contribution < -0.4 is 5.73 Å². The molecular formula is C11H19NO. The monoisotopic (exact) mass is 181 g/mol. The zero-order valence-electron chi connectivity index (χ0n) is 8.33. The molecule has 0 aromatic carbocycles. The minimum atomic E-state index is 0.242. The third-order valence-corrected chi connectivity index (χ3v) is 4.72. The molecule has 0 spiro atoms. The molecule has 0 aromatic rings. The van der Waals surface area contributed by atoms with E-state index in [1.807, 2.05) is 7.11 Å². The van der Waals surface area contributed by atoms with Crippen molar-refractivity contribution in [3.05, 3.63) is 0 Å². The molecule has 4 saturated carbocycles. The topological polar surface area (TPSA) is 35.2 Å². The van der Waals surface area contributed by atoms with Crippen LogP contribution in [0.5, 0.6) is 0 Å². The van der Waals surface area contributed by atoms with E-state index in [1.165, 1.54) is 32.1 Å². The van der Waals surface area contributed by atoms with E-state index in [2.05, 4.69) is 0 Å². The molecule has 13 heavy (non-hydrogen) atoms. The molecule has 4 rings (SSSR count). The highest BCUT2D eigenvalue weighted by Crippen LogP contribution is 2.56. The third kappa shape index (κ3) is 1.02. The predicted octanol–water partition coefficient (Wildman–Crippen LogP) is 1.54. The highest BCUT2D eigenvalue weighted by molar-refractivity contribution is 5.07. The summed E-state index contributed by atoms with van der Waals surface area (Å²) in [7, 11) is 1.89. The van der Waals surface area contributed by atoms with Crippen LogP contribution >= 0.6 is 0 Å². The van der Waals surface area contributed by atoms with Gasteiger partial charge in [-0.05, 0) is 49.9 Å². The maximum Gasteiger partial charge on any atom is 0.0687 e. The Balaban J connectivity index is 1.92. The van der Waals surface area contributed by atoms with E-state index < -0.39 is 0 Å². The van der Waals surface area contributed by atoms with Crippen molar-refractivity contribution in [3.8, 4) is 0 Å². The second kappa shape index (κ2) is 2.48. The number of rotatable bonds is 1. The normalized spacial score (nSPS) is 58.6. The predicted molar refractivity (Wildman–Crippen MR) is 51.3 cm³/mol. The molecule has 2 nitrogen and oxygen atoms in total. The van der Waals surface area contributed by atoms with E-state index in [1.54, 1.807) is 0 Å². The molecule has 0 radical (unpaired) electrons. The Morgan fingerprint density at radius 2 is 1.77 bits per heavy atom. The smallest absolute Gasteiger partial charge is 0.0687 e. The van der Waals surface area contributed by atoms with Crippen LogP contribution in [0.15, 0.2) is 0 Å². The van der Waals surface area contributed by atoms with E-state index in [0.29, 0.717) is 6.04 Å². The molecule has 4 fully saturated rings. The van der Waals surface area contributed by atoms with E-state index in [4.69, 9.17) is 10.5 Å². The van der Waals surface area contributed by atoms with Crippen LogP contribution in [0, 0.1) is 17.8 Å². The number of nitrogens with two attached hydrogens (primary N) is 1. The quantitative estimate of drug-likeness (QED) is 0.666. The summed E-state index contributed by atoms with van der Waals surface area (Å²) in [5, 5.41) is 0. The van der Waals surface area contributed by atoms with Gasteiger partial charge >= 0.3 is 0 Å². The van der Waals surface area contributed by atoms with Crippen LogP contribution in [0.25, 0.3) is 0 Å². The van der Waals surface area contributed by atoms with Gasteiger partial charge in [-0.15, -0.1) is 0 Å². The fraction of sp³-hybridized carbons (Fsp3) is 1.00. The number of methoxy groups -OCH3 is 1. The summed E-state index contributed by atoms with van der Waals surface area (Å²) in [5.41, 5.74) is 6.47. The fourth-order valence-corrected chi connectivity index (χ4v) is 4.24.